The van der Waals surface area contributed by atoms with Gasteiger partial charge in [0, 0.05) is 16.7 Å². The number of carbonyl (C=O) groups is 4. The summed E-state index contributed by atoms with van der Waals surface area (Å²) in [5.74, 6) is -4.79. The molecule has 0 saturated carbocycles. The second kappa shape index (κ2) is 7.20. The second-order valence-corrected chi connectivity index (χ2v) is 7.61. The molecule has 1 aliphatic heterocycles. The number of esters is 2. The molecule has 1 atom stereocenters. The minimum atomic E-state index is -1.47. The van der Waals surface area contributed by atoms with Crippen molar-refractivity contribution in [1.82, 2.24) is 5.32 Å². The van der Waals surface area contributed by atoms with E-state index in [9.17, 15) is 19.2 Å². The van der Waals surface area contributed by atoms with Crippen molar-refractivity contribution < 1.29 is 33.4 Å². The first kappa shape index (κ1) is 20.3. The third-order valence-corrected chi connectivity index (χ3v) is 4.47. The Morgan fingerprint density at radius 1 is 1.00 bits per heavy atom. The monoisotopic (exact) mass is 399 g/mol. The SMILES string of the molecule is COC(=O)C1=C(NC(C)(C)C)OC2=C(C(=O)c3ccccc3C2=O)C1C(=O)OC. The molecular weight excluding hydrogens is 378 g/mol. The van der Waals surface area contributed by atoms with Crippen LogP contribution in [0.3, 0.4) is 0 Å². The Labute approximate surface area is 167 Å². The van der Waals surface area contributed by atoms with Crippen molar-refractivity contribution in [2.24, 2.45) is 5.92 Å². The molecule has 0 spiro atoms. The number of allylic oxidation sites excluding steroid dienone is 1. The first-order chi connectivity index (χ1) is 13.6. The van der Waals surface area contributed by atoms with Gasteiger partial charge in [0.2, 0.25) is 11.7 Å². The van der Waals surface area contributed by atoms with Gasteiger partial charge >= 0.3 is 11.9 Å². The van der Waals surface area contributed by atoms with Gasteiger partial charge in [-0.25, -0.2) is 4.79 Å². The maximum absolute atomic E-state index is 13.2. The van der Waals surface area contributed by atoms with E-state index in [4.69, 9.17) is 14.2 Å². The number of Topliss-reactive ketones (excluding diaryl/α,β-unsaturated/α-hetero) is 2. The molecule has 0 saturated heterocycles. The molecule has 0 bridgehead atoms. The van der Waals surface area contributed by atoms with Gasteiger partial charge < -0.3 is 19.5 Å². The summed E-state index contributed by atoms with van der Waals surface area (Å²) >= 11 is 0. The molecule has 8 heteroatoms. The van der Waals surface area contributed by atoms with Gasteiger partial charge in [-0.05, 0) is 20.8 Å². The highest BCUT2D eigenvalue weighted by Crippen LogP contribution is 2.40. The molecule has 1 aromatic carbocycles. The fourth-order valence-corrected chi connectivity index (χ4v) is 3.28. The topological polar surface area (TPSA) is 108 Å². The van der Waals surface area contributed by atoms with Crippen LogP contribution in [0, 0.1) is 5.92 Å². The minimum Gasteiger partial charge on any atom is -0.468 e. The Balaban J connectivity index is 2.27. The van der Waals surface area contributed by atoms with Crippen molar-refractivity contribution >= 4 is 23.5 Å². The summed E-state index contributed by atoms with van der Waals surface area (Å²) in [6.45, 7) is 5.41. The molecule has 8 nitrogen and oxygen atoms in total. The summed E-state index contributed by atoms with van der Waals surface area (Å²) in [7, 11) is 2.28. The molecule has 3 rings (SSSR count). The van der Waals surface area contributed by atoms with Crippen LogP contribution in [0.2, 0.25) is 0 Å². The van der Waals surface area contributed by atoms with E-state index >= 15 is 0 Å². The summed E-state index contributed by atoms with van der Waals surface area (Å²) < 4.78 is 15.4. The molecule has 152 valence electrons. The first-order valence-electron chi connectivity index (χ1n) is 8.89. The Bertz CT molecular complexity index is 995. The minimum absolute atomic E-state index is 0.126. The van der Waals surface area contributed by atoms with E-state index in [0.717, 1.165) is 14.2 Å². The zero-order valence-electron chi connectivity index (χ0n) is 16.7. The number of benzene rings is 1. The lowest BCUT2D eigenvalue weighted by Gasteiger charge is -2.34. The normalized spacial score (nSPS) is 18.6. The maximum atomic E-state index is 13.2. The van der Waals surface area contributed by atoms with Crippen molar-refractivity contribution in [3.05, 3.63) is 58.2 Å². The van der Waals surface area contributed by atoms with Gasteiger partial charge in [0.25, 0.3) is 0 Å². The quantitative estimate of drug-likeness (QED) is 0.768. The van der Waals surface area contributed by atoms with Crippen molar-refractivity contribution in [1.29, 1.82) is 0 Å². The number of ketones is 2. The van der Waals surface area contributed by atoms with E-state index in [-0.39, 0.29) is 33.9 Å². The molecule has 1 unspecified atom stereocenters. The van der Waals surface area contributed by atoms with Crippen LogP contribution in [0.25, 0.3) is 0 Å². The molecule has 0 fully saturated rings. The lowest BCUT2D eigenvalue weighted by Crippen LogP contribution is -2.44. The summed E-state index contributed by atoms with van der Waals surface area (Å²) in [5, 5.41) is 2.98. The highest BCUT2D eigenvalue weighted by atomic mass is 16.5. The zero-order valence-corrected chi connectivity index (χ0v) is 16.7. The average molecular weight is 399 g/mol. The van der Waals surface area contributed by atoms with Crippen LogP contribution >= 0.6 is 0 Å². The Kier molecular flexibility index (Phi) is 5.04. The molecule has 2 aliphatic rings. The van der Waals surface area contributed by atoms with E-state index in [0.29, 0.717) is 0 Å². The fourth-order valence-electron chi connectivity index (χ4n) is 3.28. The molecule has 0 radical (unpaired) electrons. The van der Waals surface area contributed by atoms with Gasteiger partial charge in [0.15, 0.2) is 11.5 Å². The summed E-state index contributed by atoms with van der Waals surface area (Å²) in [6.07, 6.45) is 0. The number of hydrogen-bond donors (Lipinski definition) is 1. The van der Waals surface area contributed by atoms with Gasteiger partial charge in [0.1, 0.15) is 11.5 Å². The molecule has 1 aliphatic carbocycles. The summed E-state index contributed by atoms with van der Waals surface area (Å²) in [4.78, 5) is 51.5. The number of hydrogen-bond acceptors (Lipinski definition) is 8. The van der Waals surface area contributed by atoms with E-state index in [2.05, 4.69) is 5.32 Å². The molecule has 1 aromatic rings. The number of ether oxygens (including phenoxy) is 3. The smallest absolute Gasteiger partial charge is 0.340 e. The first-order valence-corrected chi connectivity index (χ1v) is 8.89. The molecule has 1 heterocycles. The predicted molar refractivity (Wildman–Crippen MR) is 101 cm³/mol. The predicted octanol–water partition coefficient (Wildman–Crippen LogP) is 1.91. The number of carbonyl (C=O) groups excluding carboxylic acids is 4. The van der Waals surface area contributed by atoms with Gasteiger partial charge in [-0.1, -0.05) is 24.3 Å². The highest BCUT2D eigenvalue weighted by molar-refractivity contribution is 6.28. The van der Waals surface area contributed by atoms with Crippen LogP contribution in [0.1, 0.15) is 41.5 Å². The zero-order chi connectivity index (χ0) is 21.5. The van der Waals surface area contributed by atoms with Crippen LogP contribution in [0.5, 0.6) is 0 Å². The van der Waals surface area contributed by atoms with E-state index in [1.165, 1.54) is 12.1 Å². The molecule has 29 heavy (non-hydrogen) atoms. The van der Waals surface area contributed by atoms with Crippen molar-refractivity contribution in [2.45, 2.75) is 26.3 Å². The maximum Gasteiger partial charge on any atom is 0.340 e. The molecule has 1 N–H and O–H groups in total. The third kappa shape index (κ3) is 3.41. The molecular formula is C21H21NO7. The van der Waals surface area contributed by atoms with Crippen LogP contribution in [0.15, 0.2) is 47.1 Å². The standard InChI is InChI=1S/C21H21NO7/c1-21(2,3)22-18-14(20(26)28-5)12(19(25)27-4)13-15(23)10-8-6-7-9-11(10)16(24)17(13)29-18/h6-9,12,22H,1-5H3. The van der Waals surface area contributed by atoms with Crippen LogP contribution in [-0.4, -0.2) is 43.3 Å². The largest absolute Gasteiger partial charge is 0.468 e. The number of methoxy groups -OCH3 is 2. The Hall–Kier alpha value is -3.42. The van der Waals surface area contributed by atoms with Gasteiger partial charge in [-0.3, -0.25) is 14.4 Å². The van der Waals surface area contributed by atoms with E-state index in [1.807, 2.05) is 0 Å². The van der Waals surface area contributed by atoms with Crippen molar-refractivity contribution in [3.63, 3.8) is 0 Å². The van der Waals surface area contributed by atoms with Crippen LogP contribution in [0.4, 0.5) is 0 Å². The van der Waals surface area contributed by atoms with Gasteiger partial charge in [-0.15, -0.1) is 0 Å². The number of rotatable bonds is 3. The average Bonchev–Trinajstić information content (AvgIpc) is 2.68. The Morgan fingerprint density at radius 3 is 2.10 bits per heavy atom. The van der Waals surface area contributed by atoms with Gasteiger partial charge in [0.05, 0.1) is 19.8 Å². The van der Waals surface area contributed by atoms with Crippen LogP contribution in [-0.2, 0) is 23.8 Å². The lowest BCUT2D eigenvalue weighted by atomic mass is 9.78. The second-order valence-electron chi connectivity index (χ2n) is 7.61. The summed E-state index contributed by atoms with van der Waals surface area (Å²) in [6, 6.07) is 6.22. The highest BCUT2D eigenvalue weighted by Gasteiger charge is 2.49. The number of fused-ring (bicyclic) bond motifs is 1. The van der Waals surface area contributed by atoms with Crippen molar-refractivity contribution in [2.75, 3.05) is 14.2 Å². The molecule has 0 aromatic heterocycles. The van der Waals surface area contributed by atoms with E-state index in [1.54, 1.807) is 32.9 Å². The van der Waals surface area contributed by atoms with Crippen LogP contribution < -0.4 is 5.32 Å². The fraction of sp³-hybridized carbons (Fsp3) is 0.333. The lowest BCUT2D eigenvalue weighted by molar-refractivity contribution is -0.146. The third-order valence-electron chi connectivity index (χ3n) is 4.47. The van der Waals surface area contributed by atoms with Gasteiger partial charge in [-0.2, -0.15) is 0 Å². The van der Waals surface area contributed by atoms with Crippen molar-refractivity contribution in [3.8, 4) is 0 Å². The molecule has 0 amide bonds. The van der Waals surface area contributed by atoms with E-state index < -0.39 is 35.0 Å². The Morgan fingerprint density at radius 2 is 1.59 bits per heavy atom. The number of nitrogens with one attached hydrogen (secondary N) is 1. The summed E-state index contributed by atoms with van der Waals surface area (Å²) in [5.41, 5.74) is -0.761.